The molecular weight excluding hydrogens is 248 g/mol. The van der Waals surface area contributed by atoms with Gasteiger partial charge in [0.1, 0.15) is 0 Å². The predicted octanol–water partition coefficient (Wildman–Crippen LogP) is 0.356. The average Bonchev–Trinajstić information content (AvgIpc) is 3.05. The molecular formula is C12H18N4O3. The second kappa shape index (κ2) is 5.29. The van der Waals surface area contributed by atoms with E-state index in [9.17, 15) is 9.59 Å². The van der Waals surface area contributed by atoms with E-state index in [-0.39, 0.29) is 12.6 Å². The number of aromatic nitrogens is 2. The van der Waals surface area contributed by atoms with Crippen molar-refractivity contribution in [2.45, 2.75) is 26.3 Å². The maximum Gasteiger partial charge on any atom is 0.314 e. The number of rotatable bonds is 6. The minimum atomic E-state index is -0.834. The second-order valence-electron chi connectivity index (χ2n) is 4.98. The monoisotopic (exact) mass is 266 g/mol. The van der Waals surface area contributed by atoms with Gasteiger partial charge in [0.05, 0.1) is 18.2 Å². The van der Waals surface area contributed by atoms with Crippen LogP contribution in [0.1, 0.15) is 18.4 Å². The lowest BCUT2D eigenvalue weighted by Gasteiger charge is -2.12. The summed E-state index contributed by atoms with van der Waals surface area (Å²) in [7, 11) is 0. The number of hydrogen-bond acceptors (Lipinski definition) is 3. The third kappa shape index (κ3) is 3.46. The molecule has 1 heterocycles. The van der Waals surface area contributed by atoms with Crippen molar-refractivity contribution in [3.63, 3.8) is 0 Å². The third-order valence-corrected chi connectivity index (χ3v) is 3.28. The van der Waals surface area contributed by atoms with E-state index >= 15 is 0 Å². The molecule has 104 valence electrons. The Morgan fingerprint density at radius 2 is 2.21 bits per heavy atom. The van der Waals surface area contributed by atoms with Crippen molar-refractivity contribution >= 4 is 12.0 Å². The molecule has 1 saturated carbocycles. The van der Waals surface area contributed by atoms with Gasteiger partial charge >= 0.3 is 12.0 Å². The van der Waals surface area contributed by atoms with Gasteiger partial charge in [-0.2, -0.15) is 5.10 Å². The lowest BCUT2D eigenvalue weighted by molar-refractivity contribution is -0.143. The smallest absolute Gasteiger partial charge is 0.314 e. The number of aryl methyl sites for hydroxylation is 1. The van der Waals surface area contributed by atoms with Crippen LogP contribution in [-0.4, -0.2) is 40.0 Å². The molecule has 1 aromatic heterocycles. The number of hydrogen-bond donors (Lipinski definition) is 3. The Labute approximate surface area is 111 Å². The standard InChI is InChI=1S/C12H18N4O3/c1-9-6-15-16(7-9)5-4-13-11(19)14-8-12(2-3-12)10(17)18/h6-7H,2-5,8H2,1H3,(H,17,18)(H2,13,14,19). The molecule has 3 N–H and O–H groups in total. The minimum absolute atomic E-state index is 0.190. The fraction of sp³-hybridized carbons (Fsp3) is 0.583. The zero-order valence-corrected chi connectivity index (χ0v) is 10.8. The van der Waals surface area contributed by atoms with Crippen molar-refractivity contribution in [1.82, 2.24) is 20.4 Å². The molecule has 0 atom stereocenters. The van der Waals surface area contributed by atoms with Gasteiger partial charge in [-0.1, -0.05) is 0 Å². The van der Waals surface area contributed by atoms with Gasteiger partial charge in [0.2, 0.25) is 0 Å². The summed E-state index contributed by atoms with van der Waals surface area (Å²) in [4.78, 5) is 22.4. The van der Waals surface area contributed by atoms with Crippen LogP contribution in [0.25, 0.3) is 0 Å². The fourth-order valence-electron chi connectivity index (χ4n) is 1.80. The van der Waals surface area contributed by atoms with Crippen molar-refractivity contribution in [2.75, 3.05) is 13.1 Å². The van der Waals surface area contributed by atoms with Gasteiger partial charge in [0.15, 0.2) is 0 Å². The van der Waals surface area contributed by atoms with Gasteiger partial charge in [-0.05, 0) is 25.3 Å². The largest absolute Gasteiger partial charge is 0.481 e. The van der Waals surface area contributed by atoms with Gasteiger partial charge in [0, 0.05) is 19.3 Å². The van der Waals surface area contributed by atoms with Crippen LogP contribution in [0, 0.1) is 12.3 Å². The van der Waals surface area contributed by atoms with Crippen LogP contribution in [0.15, 0.2) is 12.4 Å². The zero-order chi connectivity index (χ0) is 13.9. The summed E-state index contributed by atoms with van der Waals surface area (Å²) in [6.45, 7) is 3.18. The van der Waals surface area contributed by atoms with Crippen molar-refractivity contribution in [2.24, 2.45) is 5.41 Å². The Bertz CT molecular complexity index is 479. The molecule has 0 bridgehead atoms. The van der Waals surface area contributed by atoms with Crippen LogP contribution in [-0.2, 0) is 11.3 Å². The van der Waals surface area contributed by atoms with E-state index in [1.54, 1.807) is 10.9 Å². The molecule has 1 fully saturated rings. The molecule has 1 aromatic rings. The first-order valence-electron chi connectivity index (χ1n) is 6.26. The van der Waals surface area contributed by atoms with E-state index in [1.807, 2.05) is 13.1 Å². The van der Waals surface area contributed by atoms with Crippen LogP contribution in [0.4, 0.5) is 4.79 Å². The highest BCUT2D eigenvalue weighted by atomic mass is 16.4. The number of carboxylic acid groups (broad SMARTS) is 1. The van der Waals surface area contributed by atoms with Crippen LogP contribution in [0.5, 0.6) is 0 Å². The van der Waals surface area contributed by atoms with Gasteiger partial charge in [0.25, 0.3) is 0 Å². The Kier molecular flexibility index (Phi) is 3.73. The maximum atomic E-state index is 11.5. The van der Waals surface area contributed by atoms with Gasteiger partial charge in [-0.3, -0.25) is 9.48 Å². The summed E-state index contributed by atoms with van der Waals surface area (Å²) < 4.78 is 1.75. The normalized spacial score (nSPS) is 15.8. The number of urea groups is 1. The Morgan fingerprint density at radius 1 is 1.47 bits per heavy atom. The number of carboxylic acids is 1. The van der Waals surface area contributed by atoms with Crippen molar-refractivity contribution in [1.29, 1.82) is 0 Å². The minimum Gasteiger partial charge on any atom is -0.481 e. The third-order valence-electron chi connectivity index (χ3n) is 3.28. The second-order valence-corrected chi connectivity index (χ2v) is 4.98. The number of carbonyl (C=O) groups is 2. The maximum absolute atomic E-state index is 11.5. The molecule has 0 radical (unpaired) electrons. The molecule has 2 amide bonds. The van der Waals surface area contributed by atoms with Crippen molar-refractivity contribution in [3.8, 4) is 0 Å². The van der Waals surface area contributed by atoms with Crippen LogP contribution in [0.2, 0.25) is 0 Å². The first kappa shape index (κ1) is 13.4. The first-order chi connectivity index (χ1) is 9.02. The SMILES string of the molecule is Cc1cnn(CCNC(=O)NCC2(C(=O)O)CC2)c1. The molecule has 0 aliphatic heterocycles. The molecule has 0 unspecified atom stereocenters. The molecule has 2 rings (SSSR count). The topological polar surface area (TPSA) is 96.3 Å². The van der Waals surface area contributed by atoms with Crippen molar-refractivity contribution < 1.29 is 14.7 Å². The van der Waals surface area contributed by atoms with E-state index in [0.717, 1.165) is 5.56 Å². The highest BCUT2D eigenvalue weighted by Gasteiger charge is 2.50. The van der Waals surface area contributed by atoms with E-state index < -0.39 is 11.4 Å². The van der Waals surface area contributed by atoms with Gasteiger partial charge < -0.3 is 15.7 Å². The number of carbonyl (C=O) groups excluding carboxylic acids is 1. The quantitative estimate of drug-likeness (QED) is 0.692. The Morgan fingerprint density at radius 3 is 2.74 bits per heavy atom. The molecule has 19 heavy (non-hydrogen) atoms. The Hall–Kier alpha value is -2.05. The van der Waals surface area contributed by atoms with Gasteiger partial charge in [-0.25, -0.2) is 4.79 Å². The number of aliphatic carboxylic acids is 1. The summed E-state index contributed by atoms with van der Waals surface area (Å²) in [5.74, 6) is -0.834. The van der Waals surface area contributed by atoms with Crippen molar-refractivity contribution in [3.05, 3.63) is 18.0 Å². The van der Waals surface area contributed by atoms with Crippen LogP contribution in [0.3, 0.4) is 0 Å². The predicted molar refractivity (Wildman–Crippen MR) is 67.7 cm³/mol. The van der Waals surface area contributed by atoms with E-state index in [0.29, 0.717) is 25.9 Å². The summed E-state index contributed by atoms with van der Waals surface area (Å²) in [6, 6.07) is -0.337. The fourth-order valence-corrected chi connectivity index (χ4v) is 1.80. The lowest BCUT2D eigenvalue weighted by Crippen LogP contribution is -2.41. The average molecular weight is 266 g/mol. The first-order valence-corrected chi connectivity index (χ1v) is 6.26. The number of nitrogens with one attached hydrogen (secondary N) is 2. The highest BCUT2D eigenvalue weighted by molar-refractivity contribution is 5.80. The van der Waals surface area contributed by atoms with Crippen LogP contribution >= 0.6 is 0 Å². The number of amides is 2. The van der Waals surface area contributed by atoms with E-state index in [2.05, 4.69) is 15.7 Å². The van der Waals surface area contributed by atoms with E-state index in [1.165, 1.54) is 0 Å². The lowest BCUT2D eigenvalue weighted by atomic mass is 10.1. The summed E-state index contributed by atoms with van der Waals surface area (Å²) in [5, 5.41) is 18.3. The Balaban J connectivity index is 1.64. The molecule has 7 heteroatoms. The van der Waals surface area contributed by atoms with Gasteiger partial charge in [-0.15, -0.1) is 0 Å². The molecule has 7 nitrogen and oxygen atoms in total. The van der Waals surface area contributed by atoms with Crippen LogP contribution < -0.4 is 10.6 Å². The molecule has 1 aliphatic rings. The van der Waals surface area contributed by atoms with E-state index in [4.69, 9.17) is 5.11 Å². The molecule has 1 aliphatic carbocycles. The number of nitrogens with zero attached hydrogens (tertiary/aromatic N) is 2. The highest BCUT2D eigenvalue weighted by Crippen LogP contribution is 2.45. The summed E-state index contributed by atoms with van der Waals surface area (Å²) in [5.41, 5.74) is 0.345. The molecule has 0 spiro atoms. The molecule has 0 saturated heterocycles. The molecule has 0 aromatic carbocycles. The summed E-state index contributed by atoms with van der Waals surface area (Å²) in [6.07, 6.45) is 4.91. The zero-order valence-electron chi connectivity index (χ0n) is 10.8. The summed E-state index contributed by atoms with van der Waals surface area (Å²) >= 11 is 0.